The van der Waals surface area contributed by atoms with Gasteiger partial charge in [0, 0.05) is 5.88 Å². The van der Waals surface area contributed by atoms with E-state index in [0.29, 0.717) is 11.7 Å². The fourth-order valence-corrected chi connectivity index (χ4v) is 1.41. The maximum Gasteiger partial charge on any atom is 0.149 e. The Balaban J connectivity index is 2.35. The summed E-state index contributed by atoms with van der Waals surface area (Å²) >= 11 is 11.6. The zero-order valence-corrected chi connectivity index (χ0v) is 8.67. The topological polar surface area (TPSA) is 38.7 Å². The monoisotopic (exact) mass is 219 g/mol. The van der Waals surface area contributed by atoms with E-state index in [1.165, 1.54) is 12.7 Å². The molecule has 1 rings (SSSR count). The largest absolute Gasteiger partial charge is 0.225 e. The zero-order chi connectivity index (χ0) is 9.52. The van der Waals surface area contributed by atoms with Crippen LogP contribution in [0.2, 0.25) is 0 Å². The van der Waals surface area contributed by atoms with E-state index < -0.39 is 0 Å². The molecule has 1 unspecified atom stereocenters. The van der Waals surface area contributed by atoms with Gasteiger partial charge in [-0.1, -0.05) is 6.42 Å². The van der Waals surface area contributed by atoms with E-state index in [1.807, 2.05) is 0 Å². The van der Waals surface area contributed by atoms with Crippen molar-refractivity contribution in [1.29, 1.82) is 0 Å². The molecular weight excluding hydrogens is 209 g/mol. The highest BCUT2D eigenvalue weighted by Crippen LogP contribution is 2.22. The summed E-state index contributed by atoms with van der Waals surface area (Å²) in [6.07, 6.45) is 5.76. The Morgan fingerprint density at radius 3 is 2.54 bits per heavy atom. The van der Waals surface area contributed by atoms with Crippen LogP contribution in [0.5, 0.6) is 0 Å². The Morgan fingerprint density at radius 2 is 1.92 bits per heavy atom. The van der Waals surface area contributed by atoms with Crippen molar-refractivity contribution in [2.24, 2.45) is 0 Å². The molecule has 0 aromatic carbocycles. The standard InChI is InChI=1S/C8H11Cl2N3/c9-4-2-1-3-7(10)8-12-5-11-6-13-8/h5-7H,1-4H2. The van der Waals surface area contributed by atoms with Crippen LogP contribution in [0.25, 0.3) is 0 Å². The summed E-state index contributed by atoms with van der Waals surface area (Å²) in [6.45, 7) is 0. The molecular formula is C8H11Cl2N3. The summed E-state index contributed by atoms with van der Waals surface area (Å²) in [7, 11) is 0. The molecule has 3 nitrogen and oxygen atoms in total. The third kappa shape index (κ3) is 3.87. The first-order valence-corrected chi connectivity index (χ1v) is 5.13. The van der Waals surface area contributed by atoms with E-state index in [-0.39, 0.29) is 5.38 Å². The molecule has 5 heteroatoms. The molecule has 0 aliphatic carbocycles. The Morgan fingerprint density at radius 1 is 1.23 bits per heavy atom. The summed E-state index contributed by atoms with van der Waals surface area (Å²) in [5.74, 6) is 1.33. The number of unbranched alkanes of at least 4 members (excludes halogenated alkanes) is 1. The fraction of sp³-hybridized carbons (Fsp3) is 0.625. The lowest BCUT2D eigenvalue weighted by atomic mass is 10.2. The van der Waals surface area contributed by atoms with Crippen molar-refractivity contribution in [3.8, 4) is 0 Å². The second kappa shape index (κ2) is 6.11. The van der Waals surface area contributed by atoms with Crippen molar-refractivity contribution in [3.05, 3.63) is 18.5 Å². The van der Waals surface area contributed by atoms with Crippen LogP contribution in [0.15, 0.2) is 12.7 Å². The highest BCUT2D eigenvalue weighted by Gasteiger charge is 2.09. The SMILES string of the molecule is ClCCCCC(Cl)c1ncncn1. The third-order valence-electron chi connectivity index (χ3n) is 1.63. The molecule has 0 N–H and O–H groups in total. The van der Waals surface area contributed by atoms with E-state index in [2.05, 4.69) is 15.0 Å². The number of alkyl halides is 2. The molecule has 0 aliphatic rings. The first-order chi connectivity index (χ1) is 6.34. The zero-order valence-electron chi connectivity index (χ0n) is 7.16. The molecule has 1 atom stereocenters. The number of hydrogen-bond acceptors (Lipinski definition) is 3. The Labute approximate surface area is 87.5 Å². The third-order valence-corrected chi connectivity index (χ3v) is 2.32. The van der Waals surface area contributed by atoms with E-state index in [4.69, 9.17) is 23.2 Å². The van der Waals surface area contributed by atoms with Crippen LogP contribution >= 0.6 is 23.2 Å². The molecule has 1 heterocycles. The van der Waals surface area contributed by atoms with Crippen molar-refractivity contribution in [3.63, 3.8) is 0 Å². The summed E-state index contributed by atoms with van der Waals surface area (Å²) in [5.41, 5.74) is 0. The summed E-state index contributed by atoms with van der Waals surface area (Å²) in [4.78, 5) is 11.7. The Bertz CT molecular complexity index is 230. The lowest BCUT2D eigenvalue weighted by Gasteiger charge is -2.05. The first-order valence-electron chi connectivity index (χ1n) is 4.16. The van der Waals surface area contributed by atoms with Crippen LogP contribution < -0.4 is 0 Å². The highest BCUT2D eigenvalue weighted by molar-refractivity contribution is 6.20. The molecule has 72 valence electrons. The number of nitrogens with zero attached hydrogens (tertiary/aromatic N) is 3. The van der Waals surface area contributed by atoms with Gasteiger partial charge >= 0.3 is 0 Å². The molecule has 0 spiro atoms. The summed E-state index contributed by atoms with van der Waals surface area (Å²) in [6, 6.07) is 0. The molecule has 1 aromatic heterocycles. The molecule has 0 saturated heterocycles. The van der Waals surface area contributed by atoms with Gasteiger partial charge in [0.05, 0.1) is 5.38 Å². The number of rotatable bonds is 5. The van der Waals surface area contributed by atoms with Gasteiger partial charge in [-0.25, -0.2) is 15.0 Å². The number of aromatic nitrogens is 3. The predicted molar refractivity (Wildman–Crippen MR) is 53.0 cm³/mol. The smallest absolute Gasteiger partial charge is 0.149 e. The Kier molecular flexibility index (Phi) is 5.01. The predicted octanol–water partition coefficient (Wildman–Crippen LogP) is 2.56. The average molecular weight is 220 g/mol. The van der Waals surface area contributed by atoms with E-state index >= 15 is 0 Å². The quantitative estimate of drug-likeness (QED) is 0.565. The van der Waals surface area contributed by atoms with Crippen molar-refractivity contribution >= 4 is 23.2 Å². The average Bonchev–Trinajstić information content (AvgIpc) is 2.19. The number of hydrogen-bond donors (Lipinski definition) is 0. The van der Waals surface area contributed by atoms with Crippen LogP contribution in [-0.2, 0) is 0 Å². The molecule has 0 amide bonds. The normalized spacial score (nSPS) is 12.8. The van der Waals surface area contributed by atoms with Crippen LogP contribution in [0.1, 0.15) is 30.5 Å². The molecule has 0 aliphatic heterocycles. The van der Waals surface area contributed by atoms with Gasteiger partial charge in [-0.2, -0.15) is 0 Å². The minimum atomic E-state index is -0.119. The van der Waals surface area contributed by atoms with Gasteiger partial charge in [0.15, 0.2) is 0 Å². The summed E-state index contributed by atoms with van der Waals surface area (Å²) in [5, 5.41) is -0.119. The second-order valence-electron chi connectivity index (χ2n) is 2.65. The van der Waals surface area contributed by atoms with Crippen LogP contribution in [0, 0.1) is 0 Å². The molecule has 0 saturated carbocycles. The van der Waals surface area contributed by atoms with Gasteiger partial charge in [0.1, 0.15) is 18.5 Å². The molecule has 13 heavy (non-hydrogen) atoms. The van der Waals surface area contributed by atoms with Gasteiger partial charge in [0.25, 0.3) is 0 Å². The van der Waals surface area contributed by atoms with E-state index in [0.717, 1.165) is 19.3 Å². The maximum absolute atomic E-state index is 6.05. The molecule has 0 radical (unpaired) electrons. The van der Waals surface area contributed by atoms with Crippen molar-refractivity contribution in [2.45, 2.75) is 24.6 Å². The van der Waals surface area contributed by atoms with Crippen molar-refractivity contribution in [2.75, 3.05) is 5.88 Å². The van der Waals surface area contributed by atoms with Gasteiger partial charge in [-0.15, -0.1) is 23.2 Å². The lowest BCUT2D eigenvalue weighted by Crippen LogP contribution is -1.98. The van der Waals surface area contributed by atoms with Gasteiger partial charge < -0.3 is 0 Å². The highest BCUT2D eigenvalue weighted by atomic mass is 35.5. The van der Waals surface area contributed by atoms with E-state index in [9.17, 15) is 0 Å². The maximum atomic E-state index is 6.05. The lowest BCUT2D eigenvalue weighted by molar-refractivity contribution is 0.673. The minimum Gasteiger partial charge on any atom is -0.225 e. The first kappa shape index (κ1) is 10.7. The molecule has 0 fully saturated rings. The Hall–Kier alpha value is -0.410. The van der Waals surface area contributed by atoms with Crippen molar-refractivity contribution in [1.82, 2.24) is 15.0 Å². The molecule has 1 aromatic rings. The number of halogens is 2. The minimum absolute atomic E-state index is 0.119. The molecule has 0 bridgehead atoms. The second-order valence-corrected chi connectivity index (χ2v) is 3.55. The van der Waals surface area contributed by atoms with Gasteiger partial charge in [-0.05, 0) is 12.8 Å². The van der Waals surface area contributed by atoms with Crippen LogP contribution in [0.3, 0.4) is 0 Å². The fourth-order valence-electron chi connectivity index (χ4n) is 0.957. The van der Waals surface area contributed by atoms with E-state index in [1.54, 1.807) is 0 Å². The van der Waals surface area contributed by atoms with Gasteiger partial charge in [-0.3, -0.25) is 0 Å². The van der Waals surface area contributed by atoms with Crippen molar-refractivity contribution < 1.29 is 0 Å². The summed E-state index contributed by atoms with van der Waals surface area (Å²) < 4.78 is 0. The van der Waals surface area contributed by atoms with Gasteiger partial charge in [0.2, 0.25) is 0 Å². The van der Waals surface area contributed by atoms with Crippen LogP contribution in [-0.4, -0.2) is 20.8 Å². The van der Waals surface area contributed by atoms with Crippen LogP contribution in [0.4, 0.5) is 0 Å².